The van der Waals surface area contributed by atoms with Crippen molar-refractivity contribution in [2.45, 2.75) is 13.0 Å². The zero-order valence-electron chi connectivity index (χ0n) is 8.00. The van der Waals surface area contributed by atoms with Crippen LogP contribution in [-0.2, 0) is 6.54 Å². The maximum Gasteiger partial charge on any atom is 0.267 e. The van der Waals surface area contributed by atoms with E-state index in [-0.39, 0.29) is 29.2 Å². The number of ether oxygens (including phenoxy) is 1. The Morgan fingerprint density at radius 3 is 2.73 bits per heavy atom. The lowest BCUT2D eigenvalue weighted by atomic mass is 10.1. The molecule has 0 unspecified atom stereocenters. The molecule has 15 heavy (non-hydrogen) atoms. The van der Waals surface area contributed by atoms with E-state index in [1.54, 1.807) is 6.07 Å². The molecule has 2 N–H and O–H groups in total. The number of nitriles is 1. The number of pyridine rings is 1. The quantitative estimate of drug-likeness (QED) is 0.822. The molecule has 0 atom stereocenters. The Labute approximate surface area is 85.3 Å². The predicted molar refractivity (Wildman–Crippen MR) is 48.4 cm³/mol. The molecule has 0 fully saturated rings. The van der Waals surface area contributed by atoms with Crippen LogP contribution in [0.2, 0.25) is 0 Å². The molecule has 0 saturated carbocycles. The minimum Gasteiger partial charge on any atom is -0.493 e. The second-order valence-corrected chi connectivity index (χ2v) is 2.70. The molecule has 0 saturated heterocycles. The monoisotopic (exact) mass is 213 g/mol. The number of nitrogens with two attached hydrogens (primary N) is 1. The van der Waals surface area contributed by atoms with Crippen LogP contribution in [0.3, 0.4) is 0 Å². The normalized spacial score (nSPS) is 10.1. The van der Waals surface area contributed by atoms with E-state index in [1.807, 2.05) is 0 Å². The molecule has 0 aliphatic carbocycles. The Hall–Kier alpha value is -1.74. The highest BCUT2D eigenvalue weighted by atomic mass is 19.3. The summed E-state index contributed by atoms with van der Waals surface area (Å²) in [5.41, 5.74) is 4.99. The van der Waals surface area contributed by atoms with Crippen LogP contribution in [-0.4, -0.2) is 12.1 Å². The van der Waals surface area contributed by atoms with Gasteiger partial charge in [0.15, 0.2) is 11.4 Å². The summed E-state index contributed by atoms with van der Waals surface area (Å²) in [4.78, 5) is 3.78. The molecule has 4 nitrogen and oxygen atoms in total. The first-order valence-electron chi connectivity index (χ1n) is 4.10. The SMILES string of the molecule is COc1c(C(F)F)cc(CN)nc1C#N. The second-order valence-electron chi connectivity index (χ2n) is 2.70. The number of hydrogen-bond donors (Lipinski definition) is 1. The molecule has 6 heteroatoms. The molecular formula is C9H9F2N3O. The van der Waals surface area contributed by atoms with E-state index in [0.29, 0.717) is 0 Å². The van der Waals surface area contributed by atoms with Crippen LogP contribution in [0, 0.1) is 11.3 Å². The van der Waals surface area contributed by atoms with Gasteiger partial charge in [-0.25, -0.2) is 13.8 Å². The van der Waals surface area contributed by atoms with Gasteiger partial charge in [-0.3, -0.25) is 0 Å². The van der Waals surface area contributed by atoms with Crippen LogP contribution >= 0.6 is 0 Å². The van der Waals surface area contributed by atoms with Crippen LogP contribution in [0.25, 0.3) is 0 Å². The summed E-state index contributed by atoms with van der Waals surface area (Å²) in [6, 6.07) is 2.83. The van der Waals surface area contributed by atoms with Crippen LogP contribution in [0.15, 0.2) is 6.07 Å². The lowest BCUT2D eigenvalue weighted by molar-refractivity contribution is 0.146. The van der Waals surface area contributed by atoms with E-state index in [1.165, 1.54) is 7.11 Å². The second kappa shape index (κ2) is 4.66. The van der Waals surface area contributed by atoms with Gasteiger partial charge in [-0.05, 0) is 6.07 Å². The third-order valence-electron chi connectivity index (χ3n) is 1.81. The summed E-state index contributed by atoms with van der Waals surface area (Å²) in [5.74, 6) is -0.190. The molecular weight excluding hydrogens is 204 g/mol. The highest BCUT2D eigenvalue weighted by molar-refractivity contribution is 5.45. The van der Waals surface area contributed by atoms with E-state index < -0.39 is 6.43 Å². The van der Waals surface area contributed by atoms with Crippen molar-refractivity contribution in [1.82, 2.24) is 4.98 Å². The van der Waals surface area contributed by atoms with Crippen molar-refractivity contribution in [2.24, 2.45) is 5.73 Å². The molecule has 1 rings (SSSR count). The number of halogens is 2. The lowest BCUT2D eigenvalue weighted by Gasteiger charge is -2.10. The van der Waals surface area contributed by atoms with Gasteiger partial charge >= 0.3 is 0 Å². The minimum absolute atomic E-state index is 0.00159. The Morgan fingerprint density at radius 2 is 2.33 bits per heavy atom. The van der Waals surface area contributed by atoms with Crippen molar-refractivity contribution < 1.29 is 13.5 Å². The highest BCUT2D eigenvalue weighted by Crippen LogP contribution is 2.31. The maximum atomic E-state index is 12.6. The molecule has 0 radical (unpaired) electrons. The smallest absolute Gasteiger partial charge is 0.267 e. The van der Waals surface area contributed by atoms with Crippen molar-refractivity contribution in [3.63, 3.8) is 0 Å². The number of aromatic nitrogens is 1. The molecule has 0 spiro atoms. The number of methoxy groups -OCH3 is 1. The summed E-state index contributed by atoms with van der Waals surface area (Å²) in [5, 5.41) is 8.70. The molecule has 80 valence electrons. The molecule has 0 amide bonds. The third-order valence-corrected chi connectivity index (χ3v) is 1.81. The van der Waals surface area contributed by atoms with Gasteiger partial charge in [0, 0.05) is 6.54 Å². The van der Waals surface area contributed by atoms with E-state index in [9.17, 15) is 8.78 Å². The van der Waals surface area contributed by atoms with E-state index in [2.05, 4.69) is 4.98 Å². The van der Waals surface area contributed by atoms with Crippen molar-refractivity contribution in [1.29, 1.82) is 5.26 Å². The number of nitrogens with zero attached hydrogens (tertiary/aromatic N) is 2. The van der Waals surface area contributed by atoms with Gasteiger partial charge in [-0.2, -0.15) is 5.26 Å². The topological polar surface area (TPSA) is 71.9 Å². The van der Waals surface area contributed by atoms with Gasteiger partial charge in [0.2, 0.25) is 0 Å². The predicted octanol–water partition coefficient (Wildman–Crippen LogP) is 1.36. The first-order chi connectivity index (χ1) is 7.13. The molecule has 0 aliphatic heterocycles. The fourth-order valence-corrected chi connectivity index (χ4v) is 1.17. The number of hydrogen-bond acceptors (Lipinski definition) is 4. The summed E-state index contributed by atoms with van der Waals surface area (Å²) >= 11 is 0. The molecule has 0 aliphatic rings. The lowest BCUT2D eigenvalue weighted by Crippen LogP contribution is -2.06. The van der Waals surface area contributed by atoms with Crippen molar-refractivity contribution in [3.05, 3.63) is 23.0 Å². The first kappa shape index (κ1) is 11.3. The van der Waals surface area contributed by atoms with Gasteiger partial charge in [0.25, 0.3) is 6.43 Å². The Morgan fingerprint density at radius 1 is 1.67 bits per heavy atom. The van der Waals surface area contributed by atoms with Crippen LogP contribution < -0.4 is 10.5 Å². The van der Waals surface area contributed by atoms with Crippen molar-refractivity contribution >= 4 is 0 Å². The zero-order valence-corrected chi connectivity index (χ0v) is 8.00. The van der Waals surface area contributed by atoms with Gasteiger partial charge < -0.3 is 10.5 Å². The maximum absolute atomic E-state index is 12.6. The minimum atomic E-state index is -2.72. The summed E-state index contributed by atoms with van der Waals surface area (Å²) in [6.45, 7) is -0.00159. The average molecular weight is 213 g/mol. The number of rotatable bonds is 3. The molecule has 0 aromatic carbocycles. The van der Waals surface area contributed by atoms with Crippen molar-refractivity contribution in [3.8, 4) is 11.8 Å². The van der Waals surface area contributed by atoms with Gasteiger partial charge in [0.05, 0.1) is 18.4 Å². The Kier molecular flexibility index (Phi) is 3.52. The Balaban J connectivity index is 3.41. The molecule has 1 heterocycles. The van der Waals surface area contributed by atoms with Crippen LogP contribution in [0.5, 0.6) is 5.75 Å². The first-order valence-corrected chi connectivity index (χ1v) is 4.10. The molecule has 1 aromatic rings. The fraction of sp³-hybridized carbons (Fsp3) is 0.333. The third kappa shape index (κ3) is 2.19. The Bertz CT molecular complexity index is 401. The van der Waals surface area contributed by atoms with Gasteiger partial charge in [-0.1, -0.05) is 0 Å². The fourth-order valence-electron chi connectivity index (χ4n) is 1.17. The van der Waals surface area contributed by atoms with Crippen molar-refractivity contribution in [2.75, 3.05) is 7.11 Å². The van der Waals surface area contributed by atoms with E-state index in [4.69, 9.17) is 15.7 Å². The van der Waals surface area contributed by atoms with Crippen LogP contribution in [0.4, 0.5) is 8.78 Å². The highest BCUT2D eigenvalue weighted by Gasteiger charge is 2.19. The zero-order chi connectivity index (χ0) is 11.4. The van der Waals surface area contributed by atoms with Gasteiger partial charge in [-0.15, -0.1) is 0 Å². The molecule has 1 aromatic heterocycles. The molecule has 0 bridgehead atoms. The largest absolute Gasteiger partial charge is 0.493 e. The van der Waals surface area contributed by atoms with Gasteiger partial charge in [0.1, 0.15) is 6.07 Å². The number of alkyl halides is 2. The summed E-state index contributed by atoms with van der Waals surface area (Å²) in [6.07, 6.45) is -2.72. The standard InChI is InChI=1S/C9H9F2N3O/c1-15-8-6(9(10)11)2-5(3-12)14-7(8)4-13/h2,9H,3,12H2,1H3. The summed E-state index contributed by atoms with van der Waals surface area (Å²) < 4.78 is 29.9. The van der Waals surface area contributed by atoms with E-state index >= 15 is 0 Å². The van der Waals surface area contributed by atoms with Crippen LogP contribution in [0.1, 0.15) is 23.4 Å². The average Bonchev–Trinajstić information content (AvgIpc) is 2.26. The van der Waals surface area contributed by atoms with E-state index in [0.717, 1.165) is 6.07 Å². The summed E-state index contributed by atoms with van der Waals surface area (Å²) in [7, 11) is 1.21.